The average Bonchev–Trinajstić information content (AvgIpc) is 3.15. The summed E-state index contributed by atoms with van der Waals surface area (Å²) >= 11 is 0. The second-order valence-corrected chi connectivity index (χ2v) is 9.05. The SMILES string of the molecule is Cn1c(O)c(C2=NN(C3=CC(=O)CC(C)(C)C3)[C@@H](c3ccccc3)C2)c(=O)n(C)c1=O. The fourth-order valence-electron chi connectivity index (χ4n) is 4.41. The Hall–Kier alpha value is -3.42. The van der Waals surface area contributed by atoms with Crippen molar-refractivity contribution in [2.45, 2.75) is 39.2 Å². The smallest absolute Gasteiger partial charge is 0.333 e. The van der Waals surface area contributed by atoms with Crippen LogP contribution in [0.15, 0.2) is 56.8 Å². The summed E-state index contributed by atoms with van der Waals surface area (Å²) in [7, 11) is 2.79. The lowest BCUT2D eigenvalue weighted by Crippen LogP contribution is -2.39. The second kappa shape index (κ2) is 7.37. The molecule has 0 saturated heterocycles. The summed E-state index contributed by atoms with van der Waals surface area (Å²) < 4.78 is 2.00. The van der Waals surface area contributed by atoms with Crippen LogP contribution in [0, 0.1) is 5.41 Å². The molecule has 162 valence electrons. The molecule has 0 spiro atoms. The third kappa shape index (κ3) is 3.62. The summed E-state index contributed by atoms with van der Waals surface area (Å²) in [5, 5.41) is 17.1. The molecule has 4 rings (SSSR count). The van der Waals surface area contributed by atoms with Crippen LogP contribution in [0.2, 0.25) is 0 Å². The average molecular weight is 422 g/mol. The van der Waals surface area contributed by atoms with Crippen LogP contribution in [0.5, 0.6) is 5.88 Å². The summed E-state index contributed by atoms with van der Waals surface area (Å²) in [6, 6.07) is 9.50. The van der Waals surface area contributed by atoms with Gasteiger partial charge in [-0.1, -0.05) is 44.2 Å². The van der Waals surface area contributed by atoms with Gasteiger partial charge in [0.25, 0.3) is 5.56 Å². The number of benzene rings is 1. The number of aromatic nitrogens is 2. The largest absolute Gasteiger partial charge is 0.494 e. The van der Waals surface area contributed by atoms with Gasteiger partial charge in [0, 0.05) is 38.7 Å². The van der Waals surface area contributed by atoms with Crippen molar-refractivity contribution in [2.24, 2.45) is 24.6 Å². The van der Waals surface area contributed by atoms with Crippen LogP contribution in [0.4, 0.5) is 0 Å². The summed E-state index contributed by atoms with van der Waals surface area (Å²) in [5.74, 6) is -0.364. The number of nitrogens with zero attached hydrogens (tertiary/aromatic N) is 4. The Labute approximate surface area is 179 Å². The molecule has 8 nitrogen and oxygen atoms in total. The van der Waals surface area contributed by atoms with Crippen LogP contribution in [-0.2, 0) is 18.9 Å². The maximum absolute atomic E-state index is 12.9. The quantitative estimate of drug-likeness (QED) is 0.818. The monoisotopic (exact) mass is 422 g/mol. The van der Waals surface area contributed by atoms with Crippen molar-refractivity contribution in [3.05, 3.63) is 74.1 Å². The first-order chi connectivity index (χ1) is 14.6. The summed E-state index contributed by atoms with van der Waals surface area (Å²) in [6.45, 7) is 4.09. The Morgan fingerprint density at radius 3 is 2.35 bits per heavy atom. The van der Waals surface area contributed by atoms with Gasteiger partial charge in [0.2, 0.25) is 5.88 Å². The van der Waals surface area contributed by atoms with Gasteiger partial charge in [0.15, 0.2) is 5.78 Å². The number of allylic oxidation sites excluding steroid dienone is 2. The zero-order valence-electron chi connectivity index (χ0n) is 18.1. The molecular weight excluding hydrogens is 396 g/mol. The number of rotatable bonds is 3. The van der Waals surface area contributed by atoms with Gasteiger partial charge in [-0.05, 0) is 17.4 Å². The first-order valence-corrected chi connectivity index (χ1v) is 10.2. The summed E-state index contributed by atoms with van der Waals surface area (Å²) in [6.07, 6.45) is 3.12. The first-order valence-electron chi connectivity index (χ1n) is 10.2. The number of carbonyl (C=O) groups excluding carboxylic acids is 1. The number of hydrogen-bond acceptors (Lipinski definition) is 6. The standard InChI is InChI=1S/C23H26N4O4/c1-23(2)12-15(10-16(28)13-23)27-18(14-8-6-5-7-9-14)11-17(24-27)19-20(29)25(3)22(31)26(4)21(19)30/h5-10,18,29H,11-13H2,1-4H3/t18-/m1/s1. The predicted octanol–water partition coefficient (Wildman–Crippen LogP) is 2.21. The van der Waals surface area contributed by atoms with E-state index in [-0.39, 0.29) is 22.8 Å². The molecule has 0 fully saturated rings. The van der Waals surface area contributed by atoms with Crippen molar-refractivity contribution in [2.75, 3.05) is 0 Å². The molecule has 0 amide bonds. The van der Waals surface area contributed by atoms with Crippen molar-refractivity contribution in [3.63, 3.8) is 0 Å². The molecule has 1 aliphatic heterocycles. The topological polar surface area (TPSA) is 96.9 Å². The second-order valence-electron chi connectivity index (χ2n) is 9.05. The maximum atomic E-state index is 12.9. The molecule has 0 unspecified atom stereocenters. The van der Waals surface area contributed by atoms with Crippen LogP contribution < -0.4 is 11.2 Å². The maximum Gasteiger partial charge on any atom is 0.333 e. The Bertz CT molecular complexity index is 1230. The summed E-state index contributed by atoms with van der Waals surface area (Å²) in [5.41, 5.74) is 0.764. The van der Waals surface area contributed by atoms with E-state index in [9.17, 15) is 19.5 Å². The van der Waals surface area contributed by atoms with E-state index in [1.807, 2.05) is 44.2 Å². The molecule has 0 radical (unpaired) electrons. The number of hydrazone groups is 1. The van der Waals surface area contributed by atoms with E-state index in [0.29, 0.717) is 25.0 Å². The number of aromatic hydroxyl groups is 1. The minimum atomic E-state index is -0.608. The van der Waals surface area contributed by atoms with E-state index < -0.39 is 17.1 Å². The molecule has 31 heavy (non-hydrogen) atoms. The molecule has 1 aliphatic carbocycles. The lowest BCUT2D eigenvalue weighted by Gasteiger charge is -2.34. The Balaban J connectivity index is 1.87. The molecule has 1 aromatic heterocycles. The Kier molecular flexibility index (Phi) is 4.95. The van der Waals surface area contributed by atoms with Gasteiger partial charge in [0.05, 0.1) is 11.8 Å². The Morgan fingerprint density at radius 2 is 1.71 bits per heavy atom. The normalized spacial score (nSPS) is 20.6. The molecule has 2 aromatic rings. The van der Waals surface area contributed by atoms with Gasteiger partial charge >= 0.3 is 5.69 Å². The van der Waals surface area contributed by atoms with E-state index in [2.05, 4.69) is 0 Å². The molecular formula is C23H26N4O4. The number of carbonyl (C=O) groups is 1. The highest BCUT2D eigenvalue weighted by Gasteiger charge is 2.38. The van der Waals surface area contributed by atoms with Gasteiger partial charge in [-0.3, -0.25) is 23.7 Å². The minimum absolute atomic E-state index is 0.00928. The van der Waals surface area contributed by atoms with E-state index in [1.54, 1.807) is 11.1 Å². The van der Waals surface area contributed by atoms with E-state index in [0.717, 1.165) is 20.4 Å². The summed E-state index contributed by atoms with van der Waals surface area (Å²) in [4.78, 5) is 37.4. The number of ketones is 1. The molecule has 2 heterocycles. The first kappa shape index (κ1) is 20.8. The Morgan fingerprint density at radius 1 is 1.03 bits per heavy atom. The van der Waals surface area contributed by atoms with Gasteiger partial charge < -0.3 is 5.11 Å². The fourth-order valence-corrected chi connectivity index (χ4v) is 4.41. The van der Waals surface area contributed by atoms with Gasteiger partial charge in [-0.25, -0.2) is 4.79 Å². The molecule has 1 N–H and O–H groups in total. The van der Waals surface area contributed by atoms with Crippen LogP contribution in [0.1, 0.15) is 50.3 Å². The fraction of sp³-hybridized carbons (Fsp3) is 0.391. The molecule has 1 atom stereocenters. The zero-order chi connectivity index (χ0) is 22.5. The highest BCUT2D eigenvalue weighted by atomic mass is 16.3. The van der Waals surface area contributed by atoms with Crippen molar-refractivity contribution < 1.29 is 9.90 Å². The zero-order valence-corrected chi connectivity index (χ0v) is 18.1. The highest BCUT2D eigenvalue weighted by Crippen LogP contribution is 2.42. The van der Waals surface area contributed by atoms with E-state index in [1.165, 1.54) is 14.1 Å². The van der Waals surface area contributed by atoms with Crippen LogP contribution in [0.3, 0.4) is 0 Å². The van der Waals surface area contributed by atoms with Gasteiger partial charge in [-0.2, -0.15) is 5.10 Å². The van der Waals surface area contributed by atoms with Crippen LogP contribution in [0.25, 0.3) is 0 Å². The van der Waals surface area contributed by atoms with Crippen molar-refractivity contribution in [1.29, 1.82) is 0 Å². The van der Waals surface area contributed by atoms with E-state index >= 15 is 0 Å². The minimum Gasteiger partial charge on any atom is -0.494 e. The lowest BCUT2D eigenvalue weighted by molar-refractivity contribution is -0.117. The van der Waals surface area contributed by atoms with Crippen molar-refractivity contribution >= 4 is 11.5 Å². The van der Waals surface area contributed by atoms with E-state index in [4.69, 9.17) is 5.10 Å². The van der Waals surface area contributed by atoms with Gasteiger partial charge in [0.1, 0.15) is 5.56 Å². The molecule has 0 saturated carbocycles. The third-order valence-corrected chi connectivity index (χ3v) is 5.95. The molecule has 2 aliphatic rings. The van der Waals surface area contributed by atoms with Gasteiger partial charge in [-0.15, -0.1) is 0 Å². The van der Waals surface area contributed by atoms with Crippen LogP contribution >= 0.6 is 0 Å². The predicted molar refractivity (Wildman–Crippen MR) is 117 cm³/mol. The van der Waals surface area contributed by atoms with Crippen molar-refractivity contribution in [1.82, 2.24) is 14.1 Å². The molecule has 1 aromatic carbocycles. The van der Waals surface area contributed by atoms with Crippen molar-refractivity contribution in [3.8, 4) is 5.88 Å². The lowest BCUT2D eigenvalue weighted by atomic mass is 9.78. The molecule has 0 bridgehead atoms. The third-order valence-electron chi connectivity index (χ3n) is 5.95. The van der Waals surface area contributed by atoms with Crippen LogP contribution in [-0.4, -0.2) is 30.7 Å². The molecule has 8 heteroatoms. The number of hydrogen-bond donors (Lipinski definition) is 1. The highest BCUT2D eigenvalue weighted by molar-refractivity contribution is 6.03.